The molecular weight excluding hydrogens is 286 g/mol. The molecule has 2 aromatic rings. The normalized spacial score (nSPS) is 16.0. The number of aryl methyl sites for hydroxylation is 1. The predicted octanol–water partition coefficient (Wildman–Crippen LogP) is 5.02. The SMILES string of the molecule is CCOC(=O)c1ccc2c(c1)c(C)c(C)n2CC1CCCCC1. The first-order valence-corrected chi connectivity index (χ1v) is 8.88. The highest BCUT2D eigenvalue weighted by molar-refractivity contribution is 5.96. The lowest BCUT2D eigenvalue weighted by atomic mass is 9.89. The Kier molecular flexibility index (Phi) is 4.74. The van der Waals surface area contributed by atoms with Crippen LogP contribution in [0.3, 0.4) is 0 Å². The Hall–Kier alpha value is -1.77. The van der Waals surface area contributed by atoms with E-state index < -0.39 is 0 Å². The molecule has 1 heterocycles. The van der Waals surface area contributed by atoms with Crippen LogP contribution in [-0.2, 0) is 11.3 Å². The van der Waals surface area contributed by atoms with E-state index in [0.29, 0.717) is 12.2 Å². The standard InChI is InChI=1S/C20H27NO2/c1-4-23-20(22)17-10-11-19-18(12-17)14(2)15(3)21(19)13-16-8-6-5-7-9-16/h10-12,16H,4-9,13H2,1-3H3. The number of carbonyl (C=O) groups excluding carboxylic acids is 1. The van der Waals surface area contributed by atoms with Crippen molar-refractivity contribution in [1.82, 2.24) is 4.57 Å². The fraction of sp³-hybridized carbons (Fsp3) is 0.550. The molecule has 1 fully saturated rings. The molecule has 0 radical (unpaired) electrons. The van der Waals surface area contributed by atoms with Gasteiger partial charge in [-0.05, 0) is 63.3 Å². The average molecular weight is 313 g/mol. The molecular formula is C20H27NO2. The first-order valence-electron chi connectivity index (χ1n) is 8.88. The summed E-state index contributed by atoms with van der Waals surface area (Å²) in [6, 6.07) is 5.98. The van der Waals surface area contributed by atoms with E-state index in [0.717, 1.165) is 12.5 Å². The number of carbonyl (C=O) groups is 1. The maximum absolute atomic E-state index is 12.0. The largest absolute Gasteiger partial charge is 0.462 e. The molecule has 23 heavy (non-hydrogen) atoms. The van der Waals surface area contributed by atoms with Gasteiger partial charge in [-0.15, -0.1) is 0 Å². The first kappa shape index (κ1) is 16.1. The molecule has 0 atom stereocenters. The molecule has 0 amide bonds. The first-order chi connectivity index (χ1) is 11.1. The van der Waals surface area contributed by atoms with Crippen LogP contribution in [0.25, 0.3) is 10.9 Å². The quantitative estimate of drug-likeness (QED) is 0.743. The number of fused-ring (bicyclic) bond motifs is 1. The van der Waals surface area contributed by atoms with Gasteiger partial charge >= 0.3 is 5.97 Å². The third-order valence-corrected chi connectivity index (χ3v) is 5.32. The zero-order valence-electron chi connectivity index (χ0n) is 14.5. The summed E-state index contributed by atoms with van der Waals surface area (Å²) >= 11 is 0. The molecule has 1 aliphatic carbocycles. The minimum Gasteiger partial charge on any atom is -0.462 e. The molecule has 0 aliphatic heterocycles. The van der Waals surface area contributed by atoms with Gasteiger partial charge in [-0.25, -0.2) is 4.79 Å². The van der Waals surface area contributed by atoms with E-state index in [-0.39, 0.29) is 5.97 Å². The lowest BCUT2D eigenvalue weighted by molar-refractivity contribution is 0.0526. The number of ether oxygens (including phenoxy) is 1. The van der Waals surface area contributed by atoms with Crippen LogP contribution in [-0.4, -0.2) is 17.1 Å². The van der Waals surface area contributed by atoms with Gasteiger partial charge in [-0.1, -0.05) is 19.3 Å². The number of esters is 1. The van der Waals surface area contributed by atoms with Crippen molar-refractivity contribution in [1.29, 1.82) is 0 Å². The highest BCUT2D eigenvalue weighted by Crippen LogP contribution is 2.31. The Morgan fingerprint density at radius 1 is 1.22 bits per heavy atom. The fourth-order valence-corrected chi connectivity index (χ4v) is 3.85. The zero-order chi connectivity index (χ0) is 16.4. The van der Waals surface area contributed by atoms with Gasteiger partial charge in [0.1, 0.15) is 0 Å². The van der Waals surface area contributed by atoms with Crippen molar-refractivity contribution in [2.45, 2.75) is 59.4 Å². The number of hydrogen-bond acceptors (Lipinski definition) is 2. The van der Waals surface area contributed by atoms with Crippen molar-refractivity contribution >= 4 is 16.9 Å². The summed E-state index contributed by atoms with van der Waals surface area (Å²) in [5.74, 6) is 0.564. The van der Waals surface area contributed by atoms with Crippen molar-refractivity contribution in [2.24, 2.45) is 5.92 Å². The van der Waals surface area contributed by atoms with Crippen LogP contribution >= 0.6 is 0 Å². The van der Waals surface area contributed by atoms with Gasteiger partial charge in [0, 0.05) is 23.1 Å². The van der Waals surface area contributed by atoms with Crippen molar-refractivity contribution < 1.29 is 9.53 Å². The van der Waals surface area contributed by atoms with E-state index in [1.165, 1.54) is 54.3 Å². The molecule has 3 heteroatoms. The van der Waals surface area contributed by atoms with Crippen LogP contribution in [0.1, 0.15) is 60.6 Å². The number of rotatable bonds is 4. The maximum atomic E-state index is 12.0. The van der Waals surface area contributed by atoms with Gasteiger partial charge in [0.25, 0.3) is 0 Å². The lowest BCUT2D eigenvalue weighted by Gasteiger charge is -2.23. The smallest absolute Gasteiger partial charge is 0.338 e. The third-order valence-electron chi connectivity index (χ3n) is 5.32. The average Bonchev–Trinajstić information content (AvgIpc) is 2.81. The minimum atomic E-state index is -0.230. The molecule has 1 aromatic carbocycles. The summed E-state index contributed by atoms with van der Waals surface area (Å²) in [5, 5.41) is 1.18. The van der Waals surface area contributed by atoms with Crippen molar-refractivity contribution in [3.8, 4) is 0 Å². The molecule has 0 saturated heterocycles. The Morgan fingerprint density at radius 3 is 2.65 bits per heavy atom. The van der Waals surface area contributed by atoms with E-state index in [2.05, 4.69) is 24.5 Å². The fourth-order valence-electron chi connectivity index (χ4n) is 3.85. The van der Waals surface area contributed by atoms with E-state index in [1.54, 1.807) is 0 Å². The molecule has 3 rings (SSSR count). The highest BCUT2D eigenvalue weighted by Gasteiger charge is 2.19. The molecule has 124 valence electrons. The summed E-state index contributed by atoms with van der Waals surface area (Å²) in [7, 11) is 0. The zero-order valence-corrected chi connectivity index (χ0v) is 14.5. The number of hydrogen-bond donors (Lipinski definition) is 0. The van der Waals surface area contributed by atoms with Gasteiger partial charge in [0.2, 0.25) is 0 Å². The van der Waals surface area contributed by atoms with Crippen molar-refractivity contribution in [3.63, 3.8) is 0 Å². The second kappa shape index (κ2) is 6.77. The molecule has 1 aliphatic rings. The van der Waals surface area contributed by atoms with Crippen LogP contribution in [0.4, 0.5) is 0 Å². The van der Waals surface area contributed by atoms with Gasteiger partial charge in [-0.3, -0.25) is 0 Å². The molecule has 1 saturated carbocycles. The van der Waals surface area contributed by atoms with Gasteiger partial charge in [0.05, 0.1) is 12.2 Å². The van der Waals surface area contributed by atoms with E-state index in [4.69, 9.17) is 4.74 Å². The molecule has 0 bridgehead atoms. The van der Waals surface area contributed by atoms with Crippen LogP contribution in [0, 0.1) is 19.8 Å². The van der Waals surface area contributed by atoms with Crippen LogP contribution in [0.2, 0.25) is 0 Å². The highest BCUT2D eigenvalue weighted by atomic mass is 16.5. The van der Waals surface area contributed by atoms with E-state index >= 15 is 0 Å². The molecule has 3 nitrogen and oxygen atoms in total. The Morgan fingerprint density at radius 2 is 1.96 bits per heavy atom. The summed E-state index contributed by atoms with van der Waals surface area (Å²) < 4.78 is 7.58. The molecule has 0 N–H and O–H groups in total. The van der Waals surface area contributed by atoms with Crippen LogP contribution in [0.5, 0.6) is 0 Å². The van der Waals surface area contributed by atoms with Gasteiger partial charge in [-0.2, -0.15) is 0 Å². The summed E-state index contributed by atoms with van der Waals surface area (Å²) in [6.45, 7) is 7.71. The maximum Gasteiger partial charge on any atom is 0.338 e. The van der Waals surface area contributed by atoms with E-state index in [1.807, 2.05) is 19.1 Å². The Balaban J connectivity index is 1.95. The second-order valence-corrected chi connectivity index (χ2v) is 6.78. The second-order valence-electron chi connectivity index (χ2n) is 6.78. The van der Waals surface area contributed by atoms with Crippen LogP contribution in [0.15, 0.2) is 18.2 Å². The van der Waals surface area contributed by atoms with Gasteiger partial charge < -0.3 is 9.30 Å². The van der Waals surface area contributed by atoms with Crippen molar-refractivity contribution in [3.05, 3.63) is 35.0 Å². The number of benzene rings is 1. The third kappa shape index (κ3) is 3.15. The summed E-state index contributed by atoms with van der Waals surface area (Å²) in [4.78, 5) is 12.0. The summed E-state index contributed by atoms with van der Waals surface area (Å²) in [6.07, 6.45) is 6.83. The molecule has 1 aromatic heterocycles. The number of aromatic nitrogens is 1. The molecule has 0 unspecified atom stereocenters. The Bertz CT molecular complexity index is 708. The lowest BCUT2D eigenvalue weighted by Crippen LogP contribution is -2.15. The van der Waals surface area contributed by atoms with Crippen LogP contribution < -0.4 is 0 Å². The monoisotopic (exact) mass is 313 g/mol. The van der Waals surface area contributed by atoms with Crippen molar-refractivity contribution in [2.75, 3.05) is 6.61 Å². The molecule has 0 spiro atoms. The predicted molar refractivity (Wildman–Crippen MR) is 93.9 cm³/mol. The Labute approximate surface area is 138 Å². The topological polar surface area (TPSA) is 31.2 Å². The summed E-state index contributed by atoms with van der Waals surface area (Å²) in [5.41, 5.74) is 4.50. The van der Waals surface area contributed by atoms with Gasteiger partial charge in [0.15, 0.2) is 0 Å². The minimum absolute atomic E-state index is 0.230. The van der Waals surface area contributed by atoms with E-state index in [9.17, 15) is 4.79 Å². The number of nitrogens with zero attached hydrogens (tertiary/aromatic N) is 1.